The van der Waals surface area contributed by atoms with E-state index >= 15 is 0 Å². The molecule has 1 saturated carbocycles. The number of anilines is 1. The summed E-state index contributed by atoms with van der Waals surface area (Å²) in [6.07, 6.45) is 4.05. The highest BCUT2D eigenvalue weighted by Gasteiger charge is 2.21. The lowest BCUT2D eigenvalue weighted by atomic mass is 10.1. The molecule has 1 aliphatic heterocycles. The average Bonchev–Trinajstić information content (AvgIpc) is 3.08. The minimum atomic E-state index is 0.727. The van der Waals surface area contributed by atoms with E-state index in [1.54, 1.807) is 0 Å². The topological polar surface area (TPSA) is 15.3 Å². The van der Waals surface area contributed by atoms with Gasteiger partial charge in [0.2, 0.25) is 0 Å². The predicted octanol–water partition coefficient (Wildman–Crippen LogP) is 2.88. The Morgan fingerprint density at radius 2 is 2.00 bits per heavy atom. The number of hydrogen-bond acceptors (Lipinski definition) is 3. The summed E-state index contributed by atoms with van der Waals surface area (Å²) < 4.78 is 0. The zero-order chi connectivity index (χ0) is 12.4. The third kappa shape index (κ3) is 3.01. The number of nitrogens with zero attached hydrogens (tertiary/aromatic N) is 1. The van der Waals surface area contributed by atoms with E-state index < -0.39 is 0 Å². The Bertz CT molecular complexity index is 380. The molecule has 0 aromatic heterocycles. The Morgan fingerprint density at radius 3 is 2.61 bits per heavy atom. The maximum absolute atomic E-state index is 3.56. The SMILES string of the molecule is CN(c1ccc(CNC2CC2)cc1)C1CCSC1. The number of rotatable bonds is 5. The Labute approximate surface area is 114 Å². The van der Waals surface area contributed by atoms with Crippen LogP contribution >= 0.6 is 11.8 Å². The van der Waals surface area contributed by atoms with Gasteiger partial charge in [-0.1, -0.05) is 12.1 Å². The molecule has 1 heterocycles. The van der Waals surface area contributed by atoms with Crippen LogP contribution in [0.3, 0.4) is 0 Å². The molecule has 1 saturated heterocycles. The van der Waals surface area contributed by atoms with E-state index in [0.29, 0.717) is 0 Å². The van der Waals surface area contributed by atoms with Gasteiger partial charge < -0.3 is 10.2 Å². The first-order valence-corrected chi connectivity index (χ1v) is 8.11. The maximum Gasteiger partial charge on any atom is 0.0385 e. The fourth-order valence-electron chi connectivity index (χ4n) is 2.44. The van der Waals surface area contributed by atoms with Crippen LogP contribution in [-0.4, -0.2) is 30.6 Å². The van der Waals surface area contributed by atoms with Gasteiger partial charge in [0.25, 0.3) is 0 Å². The quantitative estimate of drug-likeness (QED) is 0.878. The second-order valence-corrected chi connectivity index (χ2v) is 6.60. The molecule has 3 heteroatoms. The highest BCUT2D eigenvalue weighted by molar-refractivity contribution is 7.99. The molecule has 1 aromatic carbocycles. The number of hydrogen-bond donors (Lipinski definition) is 1. The van der Waals surface area contributed by atoms with E-state index in [2.05, 4.69) is 53.3 Å². The molecule has 1 atom stereocenters. The van der Waals surface area contributed by atoms with Crippen LogP contribution in [0.4, 0.5) is 5.69 Å². The molecule has 1 unspecified atom stereocenters. The van der Waals surface area contributed by atoms with Crippen molar-refractivity contribution in [2.45, 2.75) is 37.9 Å². The third-order valence-electron chi connectivity index (χ3n) is 3.97. The zero-order valence-corrected chi connectivity index (χ0v) is 11.9. The van der Waals surface area contributed by atoms with Gasteiger partial charge in [-0.15, -0.1) is 0 Å². The van der Waals surface area contributed by atoms with Crippen LogP contribution in [0.15, 0.2) is 24.3 Å². The van der Waals surface area contributed by atoms with Gasteiger partial charge >= 0.3 is 0 Å². The molecule has 18 heavy (non-hydrogen) atoms. The van der Waals surface area contributed by atoms with Crippen molar-refractivity contribution < 1.29 is 0 Å². The lowest BCUT2D eigenvalue weighted by Crippen LogP contribution is -2.31. The maximum atomic E-state index is 3.56. The highest BCUT2D eigenvalue weighted by Crippen LogP contribution is 2.26. The van der Waals surface area contributed by atoms with Crippen LogP contribution in [0.2, 0.25) is 0 Å². The molecule has 2 nitrogen and oxygen atoms in total. The fourth-order valence-corrected chi connectivity index (χ4v) is 3.70. The molecule has 3 rings (SSSR count). The van der Waals surface area contributed by atoms with Crippen LogP contribution in [0.5, 0.6) is 0 Å². The first-order valence-electron chi connectivity index (χ1n) is 6.96. The lowest BCUT2D eigenvalue weighted by molar-refractivity contribution is 0.685. The standard InChI is InChI=1S/C15H22N2S/c1-17(15-8-9-18-11-15)14-6-2-12(3-7-14)10-16-13-4-5-13/h2-3,6-7,13,15-16H,4-5,8-11H2,1H3. The molecule has 2 fully saturated rings. The zero-order valence-electron chi connectivity index (χ0n) is 11.1. The molecule has 1 aliphatic carbocycles. The molecule has 0 bridgehead atoms. The Hall–Kier alpha value is -0.670. The van der Waals surface area contributed by atoms with Gasteiger partial charge in [0.1, 0.15) is 0 Å². The summed E-state index contributed by atoms with van der Waals surface area (Å²) in [6.45, 7) is 1.02. The van der Waals surface area contributed by atoms with Gasteiger partial charge in [-0.3, -0.25) is 0 Å². The van der Waals surface area contributed by atoms with Crippen molar-refractivity contribution in [2.24, 2.45) is 0 Å². The van der Waals surface area contributed by atoms with E-state index in [0.717, 1.165) is 18.6 Å². The molecule has 2 aliphatic rings. The Balaban J connectivity index is 1.58. The van der Waals surface area contributed by atoms with Gasteiger partial charge in [-0.25, -0.2) is 0 Å². The molecular weight excluding hydrogens is 240 g/mol. The van der Waals surface area contributed by atoms with Crippen molar-refractivity contribution in [3.05, 3.63) is 29.8 Å². The average molecular weight is 262 g/mol. The first-order chi connectivity index (χ1) is 8.83. The normalized spacial score (nSPS) is 23.3. The largest absolute Gasteiger partial charge is 0.371 e. The minimum Gasteiger partial charge on any atom is -0.371 e. The lowest BCUT2D eigenvalue weighted by Gasteiger charge is -2.26. The molecule has 1 N–H and O–H groups in total. The van der Waals surface area contributed by atoms with E-state index in [9.17, 15) is 0 Å². The summed E-state index contributed by atoms with van der Waals surface area (Å²) in [5.74, 6) is 2.60. The summed E-state index contributed by atoms with van der Waals surface area (Å²) in [5.41, 5.74) is 2.76. The monoisotopic (exact) mass is 262 g/mol. The van der Waals surface area contributed by atoms with Gasteiger partial charge in [0.05, 0.1) is 0 Å². The summed E-state index contributed by atoms with van der Waals surface area (Å²) in [6, 6.07) is 10.6. The van der Waals surface area contributed by atoms with E-state index in [-0.39, 0.29) is 0 Å². The molecule has 98 valence electrons. The highest BCUT2D eigenvalue weighted by atomic mass is 32.2. The van der Waals surface area contributed by atoms with Crippen LogP contribution in [-0.2, 0) is 6.54 Å². The fraction of sp³-hybridized carbons (Fsp3) is 0.600. The molecule has 1 aromatic rings. The number of thioether (sulfide) groups is 1. The second kappa shape index (κ2) is 5.54. The second-order valence-electron chi connectivity index (χ2n) is 5.45. The predicted molar refractivity (Wildman–Crippen MR) is 80.4 cm³/mol. The Morgan fingerprint density at radius 1 is 1.22 bits per heavy atom. The molecule has 0 radical (unpaired) electrons. The number of nitrogens with one attached hydrogen (secondary N) is 1. The third-order valence-corrected chi connectivity index (χ3v) is 5.11. The van der Waals surface area contributed by atoms with Gasteiger partial charge in [0, 0.05) is 37.1 Å². The van der Waals surface area contributed by atoms with Crippen molar-refractivity contribution >= 4 is 17.4 Å². The van der Waals surface area contributed by atoms with Crippen LogP contribution in [0, 0.1) is 0 Å². The number of benzene rings is 1. The van der Waals surface area contributed by atoms with Crippen LogP contribution < -0.4 is 10.2 Å². The van der Waals surface area contributed by atoms with Gasteiger partial charge in [-0.2, -0.15) is 11.8 Å². The van der Waals surface area contributed by atoms with Gasteiger partial charge in [0.15, 0.2) is 0 Å². The van der Waals surface area contributed by atoms with Gasteiger partial charge in [-0.05, 0) is 42.7 Å². The van der Waals surface area contributed by atoms with Crippen molar-refractivity contribution in [1.82, 2.24) is 5.32 Å². The first kappa shape index (κ1) is 12.4. The summed E-state index contributed by atoms with van der Waals surface area (Å²) in [4.78, 5) is 2.44. The van der Waals surface area contributed by atoms with Crippen molar-refractivity contribution in [2.75, 3.05) is 23.5 Å². The summed E-state index contributed by atoms with van der Waals surface area (Å²) in [5, 5.41) is 3.56. The van der Waals surface area contributed by atoms with Crippen molar-refractivity contribution in [3.8, 4) is 0 Å². The van der Waals surface area contributed by atoms with E-state index in [1.165, 1.54) is 42.0 Å². The summed E-state index contributed by atoms with van der Waals surface area (Å²) in [7, 11) is 2.23. The molecule has 0 amide bonds. The Kier molecular flexibility index (Phi) is 3.80. The molecular formula is C15H22N2S. The van der Waals surface area contributed by atoms with Crippen molar-refractivity contribution in [3.63, 3.8) is 0 Å². The smallest absolute Gasteiger partial charge is 0.0385 e. The van der Waals surface area contributed by atoms with Crippen molar-refractivity contribution in [1.29, 1.82) is 0 Å². The van der Waals surface area contributed by atoms with E-state index in [1.807, 2.05) is 0 Å². The minimum absolute atomic E-state index is 0.727. The summed E-state index contributed by atoms with van der Waals surface area (Å²) >= 11 is 2.07. The van der Waals surface area contributed by atoms with Crippen LogP contribution in [0.25, 0.3) is 0 Å². The van der Waals surface area contributed by atoms with Crippen LogP contribution in [0.1, 0.15) is 24.8 Å². The van der Waals surface area contributed by atoms with E-state index in [4.69, 9.17) is 0 Å². The molecule has 0 spiro atoms.